The molecule has 0 aromatic heterocycles. The summed E-state index contributed by atoms with van der Waals surface area (Å²) in [6.45, 7) is 1.12. The maximum atomic E-state index is 11.9. The maximum Gasteiger partial charge on any atom is 0.310 e. The molecule has 19 heavy (non-hydrogen) atoms. The normalized spacial score (nSPS) is 19.0. The number of amides is 2. The van der Waals surface area contributed by atoms with E-state index in [1.807, 2.05) is 0 Å². The number of nitrogens with zero attached hydrogens (tertiary/aromatic N) is 1. The number of hydrogen-bond donors (Lipinski definition) is 1. The molecule has 2 amide bonds. The van der Waals surface area contributed by atoms with Gasteiger partial charge in [-0.05, 0) is 12.8 Å². The van der Waals surface area contributed by atoms with Crippen LogP contribution in [0, 0.1) is 5.92 Å². The van der Waals surface area contributed by atoms with Gasteiger partial charge in [0.15, 0.2) is 0 Å². The van der Waals surface area contributed by atoms with E-state index >= 15 is 0 Å². The Kier molecular flexibility index (Phi) is 6.69. The van der Waals surface area contributed by atoms with Crippen molar-refractivity contribution < 1.29 is 19.1 Å². The molecule has 1 fully saturated rings. The van der Waals surface area contributed by atoms with Crippen LogP contribution in [0.5, 0.6) is 0 Å². The Morgan fingerprint density at radius 1 is 1.42 bits per heavy atom. The van der Waals surface area contributed by atoms with Crippen molar-refractivity contribution in [3.8, 4) is 0 Å². The second-order valence-electron chi connectivity index (χ2n) is 4.47. The van der Waals surface area contributed by atoms with Crippen LogP contribution < -0.4 is 5.73 Å². The van der Waals surface area contributed by atoms with Crippen LogP contribution in [-0.2, 0) is 19.1 Å². The second kappa shape index (κ2) is 8.04. The largest absolute Gasteiger partial charge is 0.469 e. The standard InChI is InChI=1S/C12H20N2O4S/c1-18-12(17)9-3-2-5-14(7-9)11(16)4-6-19-8-10(13)15/h9H,2-8H2,1H3,(H2,13,15). The highest BCUT2D eigenvalue weighted by molar-refractivity contribution is 7.99. The maximum absolute atomic E-state index is 11.9. The Balaban J connectivity index is 2.31. The van der Waals surface area contributed by atoms with E-state index in [-0.39, 0.29) is 29.5 Å². The average molecular weight is 288 g/mol. The lowest BCUT2D eigenvalue weighted by Gasteiger charge is -2.31. The lowest BCUT2D eigenvalue weighted by molar-refractivity contribution is -0.148. The smallest absolute Gasteiger partial charge is 0.310 e. The molecule has 0 aromatic rings. The van der Waals surface area contributed by atoms with Crippen LogP contribution in [0.15, 0.2) is 0 Å². The van der Waals surface area contributed by atoms with Crippen LogP contribution >= 0.6 is 11.8 Å². The number of carbonyl (C=O) groups excluding carboxylic acids is 3. The number of carbonyl (C=O) groups is 3. The Labute approximate surface area is 117 Å². The molecule has 1 heterocycles. The number of piperidine rings is 1. The highest BCUT2D eigenvalue weighted by atomic mass is 32.2. The first kappa shape index (κ1) is 15.8. The minimum absolute atomic E-state index is 0.0190. The molecule has 1 rings (SSSR count). The summed E-state index contributed by atoms with van der Waals surface area (Å²) in [5.41, 5.74) is 5.01. The van der Waals surface area contributed by atoms with Gasteiger partial charge < -0.3 is 15.4 Å². The molecule has 0 radical (unpaired) electrons. The molecule has 0 bridgehead atoms. The zero-order valence-electron chi connectivity index (χ0n) is 11.1. The van der Waals surface area contributed by atoms with Crippen LogP contribution in [0.4, 0.5) is 0 Å². The predicted octanol–water partition coefficient (Wildman–Crippen LogP) is 0.00660. The van der Waals surface area contributed by atoms with E-state index in [0.29, 0.717) is 25.3 Å². The molecule has 108 valence electrons. The summed E-state index contributed by atoms with van der Waals surface area (Å²) in [5.74, 6) is -0.00694. The molecule has 7 heteroatoms. The van der Waals surface area contributed by atoms with Gasteiger partial charge in [0, 0.05) is 25.3 Å². The topological polar surface area (TPSA) is 89.7 Å². The van der Waals surface area contributed by atoms with E-state index in [9.17, 15) is 14.4 Å². The molecule has 2 N–H and O–H groups in total. The molecule has 1 atom stereocenters. The fraction of sp³-hybridized carbons (Fsp3) is 0.750. The summed E-state index contributed by atoms with van der Waals surface area (Å²) in [5, 5.41) is 0. The van der Waals surface area contributed by atoms with E-state index in [2.05, 4.69) is 0 Å². The lowest BCUT2D eigenvalue weighted by Crippen LogP contribution is -2.42. The highest BCUT2D eigenvalue weighted by Crippen LogP contribution is 2.18. The van der Waals surface area contributed by atoms with E-state index in [1.165, 1.54) is 18.9 Å². The molecule has 6 nitrogen and oxygen atoms in total. The van der Waals surface area contributed by atoms with Crippen LogP contribution in [0.3, 0.4) is 0 Å². The first-order valence-corrected chi connectivity index (χ1v) is 7.41. The summed E-state index contributed by atoms with van der Waals surface area (Å²) in [6.07, 6.45) is 1.96. The molecule has 0 aliphatic carbocycles. The van der Waals surface area contributed by atoms with Crippen molar-refractivity contribution in [2.24, 2.45) is 11.7 Å². The molecule has 1 aliphatic rings. The SMILES string of the molecule is COC(=O)C1CCCN(C(=O)CCSCC(N)=O)C1. The molecular formula is C12H20N2O4S. The van der Waals surface area contributed by atoms with E-state index < -0.39 is 0 Å². The Bertz CT molecular complexity index is 349. The summed E-state index contributed by atoms with van der Waals surface area (Å²) >= 11 is 1.35. The summed E-state index contributed by atoms with van der Waals surface area (Å²) < 4.78 is 4.71. The molecule has 1 unspecified atom stereocenters. The number of ether oxygens (including phenoxy) is 1. The number of methoxy groups -OCH3 is 1. The lowest BCUT2D eigenvalue weighted by atomic mass is 9.98. The van der Waals surface area contributed by atoms with Gasteiger partial charge in [0.2, 0.25) is 11.8 Å². The van der Waals surface area contributed by atoms with Crippen molar-refractivity contribution in [2.75, 3.05) is 31.7 Å². The van der Waals surface area contributed by atoms with Gasteiger partial charge in [0.05, 0.1) is 18.8 Å². The zero-order chi connectivity index (χ0) is 14.3. The number of thioether (sulfide) groups is 1. The number of likely N-dealkylation sites (tertiary alicyclic amines) is 1. The minimum atomic E-state index is -0.374. The van der Waals surface area contributed by atoms with Gasteiger partial charge in [0.1, 0.15) is 0 Å². The first-order chi connectivity index (χ1) is 9.04. The molecule has 0 aromatic carbocycles. The zero-order valence-corrected chi connectivity index (χ0v) is 11.9. The summed E-state index contributed by atoms with van der Waals surface area (Å²) in [6, 6.07) is 0. The Hall–Kier alpha value is -1.24. The van der Waals surface area contributed by atoms with E-state index in [1.54, 1.807) is 4.90 Å². The van der Waals surface area contributed by atoms with Crippen molar-refractivity contribution in [3.63, 3.8) is 0 Å². The number of esters is 1. The third kappa shape index (κ3) is 5.50. The molecule has 1 aliphatic heterocycles. The third-order valence-corrected chi connectivity index (χ3v) is 3.99. The van der Waals surface area contributed by atoms with Crippen LogP contribution in [0.25, 0.3) is 0 Å². The number of nitrogens with two attached hydrogens (primary N) is 1. The van der Waals surface area contributed by atoms with Crippen molar-refractivity contribution in [2.45, 2.75) is 19.3 Å². The van der Waals surface area contributed by atoms with Gasteiger partial charge >= 0.3 is 5.97 Å². The number of hydrogen-bond acceptors (Lipinski definition) is 5. The van der Waals surface area contributed by atoms with Crippen molar-refractivity contribution in [1.82, 2.24) is 4.90 Å². The third-order valence-electron chi connectivity index (χ3n) is 3.01. The van der Waals surface area contributed by atoms with Crippen LogP contribution in [0.2, 0.25) is 0 Å². The van der Waals surface area contributed by atoms with E-state index in [4.69, 9.17) is 10.5 Å². The fourth-order valence-corrected chi connectivity index (χ4v) is 2.72. The first-order valence-electron chi connectivity index (χ1n) is 6.26. The fourth-order valence-electron chi connectivity index (χ4n) is 2.05. The van der Waals surface area contributed by atoms with Crippen molar-refractivity contribution >= 4 is 29.5 Å². The average Bonchev–Trinajstić information content (AvgIpc) is 2.42. The number of primary amides is 1. The molecule has 1 saturated heterocycles. The minimum Gasteiger partial charge on any atom is -0.469 e. The van der Waals surface area contributed by atoms with Crippen LogP contribution in [0.1, 0.15) is 19.3 Å². The van der Waals surface area contributed by atoms with Crippen LogP contribution in [-0.4, -0.2) is 54.4 Å². The van der Waals surface area contributed by atoms with Gasteiger partial charge in [-0.2, -0.15) is 11.8 Å². The monoisotopic (exact) mass is 288 g/mol. The van der Waals surface area contributed by atoms with Gasteiger partial charge in [-0.25, -0.2) is 0 Å². The summed E-state index contributed by atoms with van der Waals surface area (Å²) in [4.78, 5) is 35.7. The molecule has 0 saturated carbocycles. The van der Waals surface area contributed by atoms with Crippen molar-refractivity contribution in [3.05, 3.63) is 0 Å². The van der Waals surface area contributed by atoms with Gasteiger partial charge in [-0.1, -0.05) is 0 Å². The van der Waals surface area contributed by atoms with Gasteiger partial charge in [0.25, 0.3) is 0 Å². The Morgan fingerprint density at radius 3 is 2.79 bits per heavy atom. The highest BCUT2D eigenvalue weighted by Gasteiger charge is 2.28. The Morgan fingerprint density at radius 2 is 2.16 bits per heavy atom. The van der Waals surface area contributed by atoms with E-state index in [0.717, 1.165) is 12.8 Å². The predicted molar refractivity (Wildman–Crippen MR) is 72.5 cm³/mol. The van der Waals surface area contributed by atoms with Crippen molar-refractivity contribution in [1.29, 1.82) is 0 Å². The molecular weight excluding hydrogens is 268 g/mol. The van der Waals surface area contributed by atoms with Gasteiger partial charge in [-0.3, -0.25) is 14.4 Å². The number of rotatable bonds is 6. The van der Waals surface area contributed by atoms with Gasteiger partial charge in [-0.15, -0.1) is 0 Å². The second-order valence-corrected chi connectivity index (χ2v) is 5.58. The molecule has 0 spiro atoms. The quantitative estimate of drug-likeness (QED) is 0.549. The summed E-state index contributed by atoms with van der Waals surface area (Å²) in [7, 11) is 1.36.